The summed E-state index contributed by atoms with van der Waals surface area (Å²) >= 11 is 4.26. The topological polar surface area (TPSA) is 76.1 Å². The maximum atomic E-state index is 13.4. The van der Waals surface area contributed by atoms with E-state index in [1.807, 2.05) is 30.3 Å². The van der Waals surface area contributed by atoms with Crippen molar-refractivity contribution in [3.05, 3.63) is 95.6 Å². The first-order valence-corrected chi connectivity index (χ1v) is 13.8. The highest BCUT2D eigenvalue weighted by atomic mass is 127. The van der Waals surface area contributed by atoms with Crippen LogP contribution in [-0.2, 0) is 35.3 Å². The number of benzene rings is 3. The summed E-state index contributed by atoms with van der Waals surface area (Å²) in [5.41, 5.74) is 1.35. The van der Waals surface area contributed by atoms with Crippen molar-refractivity contribution in [1.82, 2.24) is 4.90 Å². The fourth-order valence-electron chi connectivity index (χ4n) is 4.30. The van der Waals surface area contributed by atoms with Gasteiger partial charge in [-0.15, -0.1) is 0 Å². The van der Waals surface area contributed by atoms with Crippen molar-refractivity contribution in [3.63, 3.8) is 0 Å². The van der Waals surface area contributed by atoms with E-state index in [9.17, 15) is 27.9 Å². The standard InChI is InChI=1S/C28H22F3I2NO5/c1-38-19-7-4-5-16(11-19)15-39-26-22(32)12-18-13-23(27(36)37)34(14-20(18)25(26)33)24(35)10-9-17-6-2-3-8-21(17)28(29,30)31/h2-12,23H,13-15H2,1H3,(H,36,37)/b10-9+/t23-/m0/s1. The number of hydrogen-bond acceptors (Lipinski definition) is 4. The second-order valence-electron chi connectivity index (χ2n) is 8.72. The van der Waals surface area contributed by atoms with E-state index in [0.717, 1.165) is 46.9 Å². The van der Waals surface area contributed by atoms with Crippen LogP contribution in [0, 0.1) is 7.14 Å². The molecule has 1 heterocycles. The first-order valence-electron chi connectivity index (χ1n) is 11.6. The van der Waals surface area contributed by atoms with E-state index in [-0.39, 0.29) is 25.1 Å². The van der Waals surface area contributed by atoms with Crippen molar-refractivity contribution < 1.29 is 37.3 Å². The van der Waals surface area contributed by atoms with E-state index in [1.54, 1.807) is 7.11 Å². The molecule has 1 amide bonds. The van der Waals surface area contributed by atoms with Gasteiger partial charge in [0.2, 0.25) is 5.91 Å². The molecule has 0 saturated heterocycles. The molecule has 6 nitrogen and oxygen atoms in total. The van der Waals surface area contributed by atoms with E-state index in [0.29, 0.717) is 11.5 Å². The zero-order chi connectivity index (χ0) is 28.3. The largest absolute Gasteiger partial charge is 0.497 e. The first kappa shape index (κ1) is 29.2. The molecule has 1 N–H and O–H groups in total. The third-order valence-electron chi connectivity index (χ3n) is 6.24. The molecule has 0 spiro atoms. The number of aliphatic carboxylic acids is 1. The Bertz CT molecular complexity index is 1440. The van der Waals surface area contributed by atoms with E-state index in [2.05, 4.69) is 45.2 Å². The number of carboxylic acids is 1. The van der Waals surface area contributed by atoms with Gasteiger partial charge in [0, 0.05) is 19.0 Å². The molecule has 1 atom stereocenters. The highest BCUT2D eigenvalue weighted by Crippen LogP contribution is 2.38. The highest BCUT2D eigenvalue weighted by Gasteiger charge is 2.36. The quantitative estimate of drug-likeness (QED) is 0.218. The van der Waals surface area contributed by atoms with Gasteiger partial charge in [0.05, 0.1) is 19.8 Å². The predicted molar refractivity (Wildman–Crippen MR) is 155 cm³/mol. The number of ether oxygens (including phenoxy) is 2. The van der Waals surface area contributed by atoms with Gasteiger partial charge in [-0.1, -0.05) is 30.3 Å². The predicted octanol–water partition coefficient (Wildman–Crippen LogP) is 6.55. The van der Waals surface area contributed by atoms with Gasteiger partial charge in [0.25, 0.3) is 0 Å². The number of carbonyl (C=O) groups is 2. The molecule has 3 aromatic rings. The number of nitrogens with zero attached hydrogens (tertiary/aromatic N) is 1. The minimum absolute atomic E-state index is 0.0267. The van der Waals surface area contributed by atoms with Crippen molar-refractivity contribution in [2.45, 2.75) is 31.8 Å². The summed E-state index contributed by atoms with van der Waals surface area (Å²) in [7, 11) is 1.58. The Morgan fingerprint density at radius 3 is 2.56 bits per heavy atom. The zero-order valence-electron chi connectivity index (χ0n) is 20.5. The Morgan fingerprint density at radius 2 is 1.87 bits per heavy atom. The molecule has 39 heavy (non-hydrogen) atoms. The normalized spacial score (nSPS) is 15.2. The molecule has 4 rings (SSSR count). The number of rotatable bonds is 7. The van der Waals surface area contributed by atoms with Crippen LogP contribution in [0.4, 0.5) is 13.2 Å². The molecule has 0 radical (unpaired) electrons. The van der Waals surface area contributed by atoms with E-state index in [4.69, 9.17) is 9.47 Å². The van der Waals surface area contributed by atoms with Crippen molar-refractivity contribution in [2.24, 2.45) is 0 Å². The molecule has 1 aliphatic heterocycles. The average Bonchev–Trinajstić information content (AvgIpc) is 2.90. The van der Waals surface area contributed by atoms with Crippen LogP contribution in [0.15, 0.2) is 60.7 Å². The number of carbonyl (C=O) groups excluding carboxylic acids is 1. The summed E-state index contributed by atoms with van der Waals surface area (Å²) in [5, 5.41) is 9.86. The van der Waals surface area contributed by atoms with Crippen molar-refractivity contribution >= 4 is 63.1 Å². The van der Waals surface area contributed by atoms with Crippen LogP contribution >= 0.6 is 45.2 Å². The maximum Gasteiger partial charge on any atom is 0.416 e. The van der Waals surface area contributed by atoms with Crippen LogP contribution in [0.2, 0.25) is 0 Å². The van der Waals surface area contributed by atoms with Gasteiger partial charge in [-0.2, -0.15) is 13.2 Å². The third kappa shape index (κ3) is 6.68. The molecule has 0 fully saturated rings. The van der Waals surface area contributed by atoms with Crippen LogP contribution in [0.25, 0.3) is 6.08 Å². The number of methoxy groups -OCH3 is 1. The summed E-state index contributed by atoms with van der Waals surface area (Å²) < 4.78 is 53.0. The van der Waals surface area contributed by atoms with Crippen LogP contribution in [0.5, 0.6) is 11.5 Å². The van der Waals surface area contributed by atoms with Gasteiger partial charge in [0.1, 0.15) is 24.1 Å². The Balaban J connectivity index is 1.61. The maximum absolute atomic E-state index is 13.4. The second-order valence-corrected chi connectivity index (χ2v) is 11.0. The smallest absolute Gasteiger partial charge is 0.416 e. The summed E-state index contributed by atoms with van der Waals surface area (Å²) in [6, 6.07) is 13.0. The van der Waals surface area contributed by atoms with Gasteiger partial charge in [0.15, 0.2) is 0 Å². The number of amides is 1. The molecule has 0 bridgehead atoms. The highest BCUT2D eigenvalue weighted by molar-refractivity contribution is 14.1. The van der Waals surface area contributed by atoms with E-state index in [1.165, 1.54) is 18.2 Å². The molecule has 11 heteroatoms. The Morgan fingerprint density at radius 1 is 1.13 bits per heavy atom. The summed E-state index contributed by atoms with van der Waals surface area (Å²) in [5.74, 6) is -0.584. The molecule has 0 unspecified atom stereocenters. The fraction of sp³-hybridized carbons (Fsp3) is 0.214. The Labute approximate surface area is 250 Å². The van der Waals surface area contributed by atoms with Gasteiger partial charge in [-0.25, -0.2) is 4.79 Å². The lowest BCUT2D eigenvalue weighted by Crippen LogP contribution is -2.48. The summed E-state index contributed by atoms with van der Waals surface area (Å²) in [6.07, 6.45) is -2.47. The Kier molecular flexibility index (Phi) is 9.09. The van der Waals surface area contributed by atoms with Crippen molar-refractivity contribution in [2.75, 3.05) is 7.11 Å². The van der Waals surface area contributed by atoms with Gasteiger partial charge in [-0.05, 0) is 97.8 Å². The minimum atomic E-state index is -4.59. The monoisotopic (exact) mass is 763 g/mol. The lowest BCUT2D eigenvalue weighted by molar-refractivity contribution is -0.149. The van der Waals surface area contributed by atoms with Crippen LogP contribution in [-0.4, -0.2) is 35.0 Å². The fourth-order valence-corrected chi connectivity index (χ4v) is 6.58. The lowest BCUT2D eigenvalue weighted by atomic mass is 9.93. The second kappa shape index (κ2) is 12.1. The van der Waals surface area contributed by atoms with E-state index >= 15 is 0 Å². The zero-order valence-corrected chi connectivity index (χ0v) is 24.8. The third-order valence-corrected chi connectivity index (χ3v) is 8.19. The molecule has 0 saturated carbocycles. The number of fused-ring (bicyclic) bond motifs is 1. The summed E-state index contributed by atoms with van der Waals surface area (Å²) in [6.45, 7) is 0.241. The van der Waals surface area contributed by atoms with Crippen molar-refractivity contribution in [1.29, 1.82) is 0 Å². The molecular formula is C28H22F3I2NO5. The van der Waals surface area contributed by atoms with Crippen molar-refractivity contribution in [3.8, 4) is 11.5 Å². The molecular weight excluding hydrogens is 741 g/mol. The molecule has 3 aromatic carbocycles. The molecule has 1 aliphatic rings. The minimum Gasteiger partial charge on any atom is -0.497 e. The Hall–Kier alpha value is -2.81. The van der Waals surface area contributed by atoms with E-state index < -0.39 is 29.7 Å². The first-order chi connectivity index (χ1) is 18.5. The number of hydrogen-bond donors (Lipinski definition) is 1. The lowest BCUT2D eigenvalue weighted by Gasteiger charge is -2.35. The van der Waals surface area contributed by atoms with Crippen LogP contribution < -0.4 is 9.47 Å². The molecule has 0 aromatic heterocycles. The summed E-state index contributed by atoms with van der Waals surface area (Å²) in [4.78, 5) is 26.4. The van der Waals surface area contributed by atoms with Gasteiger partial charge in [-0.3, -0.25) is 4.79 Å². The number of carboxylic acid groups (broad SMARTS) is 1. The van der Waals surface area contributed by atoms with Crippen LogP contribution in [0.1, 0.15) is 27.8 Å². The van der Waals surface area contributed by atoms with Gasteiger partial charge < -0.3 is 19.5 Å². The molecule has 0 aliphatic carbocycles. The SMILES string of the molecule is COc1cccc(COc2c(I)cc3c(c2I)CN(C(=O)/C=C/c2ccccc2C(F)(F)F)[C@H](C(=O)O)C3)c1. The van der Waals surface area contributed by atoms with Crippen LogP contribution in [0.3, 0.4) is 0 Å². The number of alkyl halides is 3. The molecule has 204 valence electrons. The number of halogens is 5. The van der Waals surface area contributed by atoms with Gasteiger partial charge >= 0.3 is 12.1 Å². The average molecular weight is 763 g/mol.